The van der Waals surface area contributed by atoms with Gasteiger partial charge in [0.15, 0.2) is 5.95 Å². The lowest BCUT2D eigenvalue weighted by atomic mass is 10.0. The summed E-state index contributed by atoms with van der Waals surface area (Å²) >= 11 is 0. The van der Waals surface area contributed by atoms with Crippen LogP contribution in [0.4, 0.5) is 5.95 Å². The molecule has 1 unspecified atom stereocenters. The van der Waals surface area contributed by atoms with Crippen molar-refractivity contribution in [3.05, 3.63) is 71.7 Å². The van der Waals surface area contributed by atoms with Gasteiger partial charge in [-0.2, -0.15) is 9.82 Å². The Morgan fingerprint density at radius 3 is 2.50 bits per heavy atom. The molecule has 0 bridgehead atoms. The molecule has 4 rings (SSSR count). The molecule has 1 amide bonds. The minimum atomic E-state index is -4.36. The number of carboxylic acids is 1. The number of aromatic amines is 2. The van der Waals surface area contributed by atoms with E-state index in [1.54, 1.807) is 56.6 Å². The summed E-state index contributed by atoms with van der Waals surface area (Å²) in [6, 6.07) is 9.84. The summed E-state index contributed by atoms with van der Waals surface area (Å²) in [5.74, 6) is -1.72. The first kappa shape index (κ1) is 26.8. The summed E-state index contributed by atoms with van der Waals surface area (Å²) in [6.07, 6.45) is 5.25. The number of nitrogens with one attached hydrogen (secondary N) is 5. The number of imidazole rings is 1. The molecule has 12 nitrogen and oxygen atoms in total. The molecule has 2 aromatic heterocycles. The maximum absolute atomic E-state index is 13.6. The molecule has 38 heavy (non-hydrogen) atoms. The van der Waals surface area contributed by atoms with Crippen LogP contribution in [0, 0.1) is 13.8 Å². The van der Waals surface area contributed by atoms with Crippen LogP contribution in [0.25, 0.3) is 10.9 Å². The Kier molecular flexibility index (Phi) is 7.78. The first-order valence-electron chi connectivity index (χ1n) is 11.9. The van der Waals surface area contributed by atoms with Gasteiger partial charge in [-0.15, -0.1) is 0 Å². The zero-order chi connectivity index (χ0) is 27.3. The third kappa shape index (κ3) is 5.68. The lowest BCUT2D eigenvalue weighted by molar-refractivity contribution is -0.145. The van der Waals surface area contributed by atoms with Gasteiger partial charge in [0.1, 0.15) is 0 Å². The molecule has 200 valence electrons. The number of hydrogen-bond donors (Lipinski definition) is 6. The van der Waals surface area contributed by atoms with E-state index in [1.165, 1.54) is 12.3 Å². The van der Waals surface area contributed by atoms with Gasteiger partial charge in [0, 0.05) is 24.3 Å². The number of fused-ring (bicyclic) bond motifs is 1. The summed E-state index contributed by atoms with van der Waals surface area (Å²) in [6.45, 7) is 3.71. The number of hydrogen-bond acceptors (Lipinski definition) is 7. The zero-order valence-corrected chi connectivity index (χ0v) is 21.7. The Morgan fingerprint density at radius 1 is 1.08 bits per heavy atom. The molecule has 0 aliphatic carbocycles. The van der Waals surface area contributed by atoms with Crippen LogP contribution >= 0.6 is 0 Å². The second-order valence-electron chi connectivity index (χ2n) is 8.95. The normalized spacial score (nSPS) is 13.2. The number of rotatable bonds is 12. The molecule has 0 radical (unpaired) electrons. The number of carbonyl (C=O) groups is 2. The van der Waals surface area contributed by atoms with E-state index in [2.05, 4.69) is 35.5 Å². The molecule has 0 fully saturated rings. The Hall–Kier alpha value is -4.23. The zero-order valence-electron chi connectivity index (χ0n) is 20.9. The maximum Gasteiger partial charge on any atom is 0.345 e. The van der Waals surface area contributed by atoms with E-state index >= 15 is 0 Å². The number of benzene rings is 2. The van der Waals surface area contributed by atoms with Gasteiger partial charge in [0.05, 0.1) is 22.2 Å². The highest BCUT2D eigenvalue weighted by molar-refractivity contribution is 7.89. The van der Waals surface area contributed by atoms with Crippen LogP contribution in [0.2, 0.25) is 0 Å². The van der Waals surface area contributed by atoms with Crippen molar-refractivity contribution in [2.45, 2.75) is 43.7 Å². The first-order chi connectivity index (χ1) is 18.1. The lowest BCUT2D eigenvalue weighted by Crippen LogP contribution is -2.65. The van der Waals surface area contributed by atoms with Crippen LogP contribution in [0.1, 0.15) is 40.7 Å². The second-order valence-corrected chi connectivity index (χ2v) is 10.6. The summed E-state index contributed by atoms with van der Waals surface area (Å²) in [5.41, 5.74) is -0.671. The highest BCUT2D eigenvalue weighted by Crippen LogP contribution is 2.24. The first-order valence-corrected chi connectivity index (χ1v) is 13.4. The summed E-state index contributed by atoms with van der Waals surface area (Å²) < 4.78 is 29.5. The number of amides is 1. The minimum Gasteiger partial charge on any atom is -0.478 e. The molecule has 0 aliphatic rings. The Balaban J connectivity index is 1.64. The van der Waals surface area contributed by atoms with E-state index in [0.717, 1.165) is 0 Å². The monoisotopic (exact) mass is 539 g/mol. The molecule has 0 saturated carbocycles. The van der Waals surface area contributed by atoms with Crippen LogP contribution in [0.3, 0.4) is 0 Å². The molecule has 2 aromatic carbocycles. The van der Waals surface area contributed by atoms with E-state index in [1.807, 2.05) is 0 Å². The molecule has 4 aromatic rings. The molecule has 2 heterocycles. The Morgan fingerprint density at radius 2 is 1.82 bits per heavy atom. The average Bonchev–Trinajstić information content (AvgIpc) is 3.55. The summed E-state index contributed by atoms with van der Waals surface area (Å²) in [5, 5.41) is 23.1. The fourth-order valence-electron chi connectivity index (χ4n) is 4.36. The number of aryl methyl sites for hydroxylation is 2. The van der Waals surface area contributed by atoms with E-state index < -0.39 is 27.6 Å². The fourth-order valence-corrected chi connectivity index (χ4v) is 6.14. The minimum absolute atomic E-state index is 0.0312. The number of sulfonamides is 1. The molecule has 0 spiro atoms. The number of aromatic nitrogens is 4. The van der Waals surface area contributed by atoms with Crippen LogP contribution < -0.4 is 15.4 Å². The van der Waals surface area contributed by atoms with E-state index in [9.17, 15) is 23.1 Å². The van der Waals surface area contributed by atoms with Crippen LogP contribution in [0.5, 0.6) is 0 Å². The van der Waals surface area contributed by atoms with Crippen molar-refractivity contribution in [1.82, 2.24) is 30.2 Å². The number of carbonyl (C=O) groups excluding carboxylic acids is 1. The van der Waals surface area contributed by atoms with E-state index in [-0.39, 0.29) is 23.3 Å². The Bertz CT molecular complexity index is 1530. The van der Waals surface area contributed by atoms with Crippen molar-refractivity contribution >= 4 is 38.8 Å². The third-order valence-electron chi connectivity index (χ3n) is 6.18. The fraction of sp³-hybridized carbons (Fsp3) is 0.280. The SMILES string of the molecule is Cc1cccc(C)c1S(=O)(=O)NC(CCCCNc1ncc[nH]1)(NC(=O)c1cccc2[nH]ncc12)C(=O)O. The van der Waals surface area contributed by atoms with Crippen molar-refractivity contribution in [1.29, 1.82) is 0 Å². The summed E-state index contributed by atoms with van der Waals surface area (Å²) in [4.78, 5) is 33.1. The number of unbranched alkanes of at least 4 members (excludes halogenated alkanes) is 1. The largest absolute Gasteiger partial charge is 0.478 e. The van der Waals surface area contributed by atoms with Crippen LogP contribution in [-0.2, 0) is 14.8 Å². The number of anilines is 1. The van der Waals surface area contributed by atoms with Crippen LogP contribution in [0.15, 0.2) is 59.9 Å². The number of aliphatic carboxylic acids is 1. The van der Waals surface area contributed by atoms with Crippen LogP contribution in [-0.4, -0.2) is 57.8 Å². The molecule has 0 aliphatic heterocycles. The van der Waals surface area contributed by atoms with Gasteiger partial charge >= 0.3 is 5.97 Å². The van der Waals surface area contributed by atoms with E-state index in [4.69, 9.17) is 0 Å². The molecule has 13 heteroatoms. The van der Waals surface area contributed by atoms with E-state index in [0.29, 0.717) is 40.9 Å². The molecular formula is C25H29N7O5S. The molecule has 0 saturated heterocycles. The maximum atomic E-state index is 13.6. The van der Waals surface area contributed by atoms with Crippen molar-refractivity contribution in [3.63, 3.8) is 0 Å². The van der Waals surface area contributed by atoms with Crippen molar-refractivity contribution < 1.29 is 23.1 Å². The van der Waals surface area contributed by atoms with Gasteiger partial charge in [-0.3, -0.25) is 9.89 Å². The number of nitrogens with zero attached hydrogens (tertiary/aromatic N) is 2. The van der Waals surface area contributed by atoms with Gasteiger partial charge in [0.25, 0.3) is 5.91 Å². The van der Waals surface area contributed by atoms with Gasteiger partial charge in [-0.1, -0.05) is 24.3 Å². The number of carboxylic acid groups (broad SMARTS) is 1. The van der Waals surface area contributed by atoms with Crippen molar-refractivity contribution in [2.24, 2.45) is 0 Å². The standard InChI is InChI=1S/C25H29N7O5S/c1-16-7-5-8-17(2)21(16)38(36,37)32-25(23(34)35,11-3-4-12-26-24-27-13-14-28-24)30-22(33)18-9-6-10-20-19(18)15-29-31-20/h5-10,13-15,32H,3-4,11-12H2,1-2H3,(H,29,31)(H,30,33)(H,34,35)(H2,26,27,28). The van der Waals surface area contributed by atoms with Gasteiger partial charge < -0.3 is 20.7 Å². The smallest absolute Gasteiger partial charge is 0.345 e. The predicted molar refractivity (Wildman–Crippen MR) is 141 cm³/mol. The highest BCUT2D eigenvalue weighted by atomic mass is 32.2. The molecule has 6 N–H and O–H groups in total. The van der Waals surface area contributed by atoms with Crippen molar-refractivity contribution in [2.75, 3.05) is 11.9 Å². The molecule has 1 atom stereocenters. The van der Waals surface area contributed by atoms with Crippen molar-refractivity contribution in [3.8, 4) is 0 Å². The third-order valence-corrected chi connectivity index (χ3v) is 7.98. The highest BCUT2D eigenvalue weighted by Gasteiger charge is 2.44. The lowest BCUT2D eigenvalue weighted by Gasteiger charge is -2.32. The molecular weight excluding hydrogens is 510 g/mol. The second kappa shape index (κ2) is 11.0. The average molecular weight is 540 g/mol. The number of H-pyrrole nitrogens is 2. The quantitative estimate of drug-likeness (QED) is 0.117. The van der Waals surface area contributed by atoms with Gasteiger partial charge in [0.2, 0.25) is 15.7 Å². The predicted octanol–water partition coefficient (Wildman–Crippen LogP) is 2.67. The van der Waals surface area contributed by atoms with Gasteiger partial charge in [-0.05, 0) is 56.4 Å². The summed E-state index contributed by atoms with van der Waals surface area (Å²) in [7, 11) is -4.36. The topological polar surface area (TPSA) is 182 Å². The Labute approximate surface area is 219 Å². The van der Waals surface area contributed by atoms with Gasteiger partial charge in [-0.25, -0.2) is 18.2 Å².